The highest BCUT2D eigenvalue weighted by atomic mass is 16.6. The molecule has 0 radical (unpaired) electrons. The van der Waals surface area contributed by atoms with Gasteiger partial charge < -0.3 is 15.4 Å². The molecule has 4 heteroatoms. The maximum absolute atomic E-state index is 11.9. The first-order chi connectivity index (χ1) is 7.89. The van der Waals surface area contributed by atoms with Crippen LogP contribution in [-0.4, -0.2) is 36.2 Å². The SMILES string of the molecule is CC(C)(C)OC(=O)N1CC2C[C@@H](CN)C[C@@H]2C1. The molecule has 98 valence electrons. The van der Waals surface area contributed by atoms with Crippen molar-refractivity contribution in [2.75, 3.05) is 19.6 Å². The number of amides is 1. The van der Waals surface area contributed by atoms with Crippen molar-refractivity contribution in [3.8, 4) is 0 Å². The molecule has 1 saturated carbocycles. The molecule has 1 unspecified atom stereocenters. The highest BCUT2D eigenvalue weighted by molar-refractivity contribution is 5.68. The van der Waals surface area contributed by atoms with Gasteiger partial charge in [0.05, 0.1) is 0 Å². The monoisotopic (exact) mass is 240 g/mol. The lowest BCUT2D eigenvalue weighted by Gasteiger charge is -2.25. The number of hydrogen-bond donors (Lipinski definition) is 1. The number of rotatable bonds is 1. The minimum Gasteiger partial charge on any atom is -0.444 e. The van der Waals surface area contributed by atoms with Gasteiger partial charge in [-0.25, -0.2) is 4.79 Å². The predicted molar refractivity (Wildman–Crippen MR) is 66.6 cm³/mol. The van der Waals surface area contributed by atoms with Gasteiger partial charge in [-0.1, -0.05) is 0 Å². The number of fused-ring (bicyclic) bond motifs is 1. The number of nitrogens with zero attached hydrogens (tertiary/aromatic N) is 1. The summed E-state index contributed by atoms with van der Waals surface area (Å²) in [4.78, 5) is 13.8. The number of carbonyl (C=O) groups excluding carboxylic acids is 1. The fourth-order valence-electron chi connectivity index (χ4n) is 3.09. The van der Waals surface area contributed by atoms with Gasteiger partial charge in [0.2, 0.25) is 0 Å². The minimum atomic E-state index is -0.394. The number of likely N-dealkylation sites (tertiary alicyclic amines) is 1. The molecular formula is C13H24N2O2. The van der Waals surface area contributed by atoms with E-state index in [4.69, 9.17) is 10.5 Å². The molecule has 4 nitrogen and oxygen atoms in total. The molecule has 1 heterocycles. The Morgan fingerprint density at radius 3 is 2.24 bits per heavy atom. The molecule has 1 aliphatic heterocycles. The Labute approximate surface area is 103 Å². The summed E-state index contributed by atoms with van der Waals surface area (Å²) in [7, 11) is 0. The second-order valence-electron chi connectivity index (χ2n) is 6.48. The summed E-state index contributed by atoms with van der Waals surface area (Å²) in [5.41, 5.74) is 5.32. The fraction of sp³-hybridized carbons (Fsp3) is 0.923. The third kappa shape index (κ3) is 2.92. The predicted octanol–water partition coefficient (Wildman–Crippen LogP) is 1.84. The molecule has 0 spiro atoms. The number of ether oxygens (including phenoxy) is 1. The first kappa shape index (κ1) is 12.7. The van der Waals surface area contributed by atoms with Crippen molar-refractivity contribution in [2.24, 2.45) is 23.5 Å². The summed E-state index contributed by atoms with van der Waals surface area (Å²) in [5, 5.41) is 0. The van der Waals surface area contributed by atoms with Crippen LogP contribution in [0.25, 0.3) is 0 Å². The van der Waals surface area contributed by atoms with Crippen LogP contribution in [0.2, 0.25) is 0 Å². The van der Waals surface area contributed by atoms with Crippen molar-refractivity contribution in [3.05, 3.63) is 0 Å². The second-order valence-corrected chi connectivity index (χ2v) is 6.48. The van der Waals surface area contributed by atoms with E-state index in [1.165, 1.54) is 12.8 Å². The Morgan fingerprint density at radius 2 is 1.82 bits per heavy atom. The molecule has 1 amide bonds. The van der Waals surface area contributed by atoms with Crippen molar-refractivity contribution in [3.63, 3.8) is 0 Å². The van der Waals surface area contributed by atoms with E-state index >= 15 is 0 Å². The topological polar surface area (TPSA) is 55.6 Å². The Kier molecular flexibility index (Phi) is 3.34. The lowest BCUT2D eigenvalue weighted by molar-refractivity contribution is 0.0278. The zero-order chi connectivity index (χ0) is 12.6. The maximum atomic E-state index is 11.9. The van der Waals surface area contributed by atoms with Crippen molar-refractivity contribution < 1.29 is 9.53 Å². The van der Waals surface area contributed by atoms with Crippen LogP contribution in [-0.2, 0) is 4.74 Å². The first-order valence-corrected chi connectivity index (χ1v) is 6.57. The zero-order valence-corrected chi connectivity index (χ0v) is 11.1. The summed E-state index contributed by atoms with van der Waals surface area (Å²) in [6, 6.07) is 0. The van der Waals surface area contributed by atoms with E-state index in [9.17, 15) is 4.79 Å². The highest BCUT2D eigenvalue weighted by Gasteiger charge is 2.42. The van der Waals surface area contributed by atoms with Crippen LogP contribution >= 0.6 is 0 Å². The van der Waals surface area contributed by atoms with Gasteiger partial charge in [0.15, 0.2) is 0 Å². The van der Waals surface area contributed by atoms with Crippen LogP contribution < -0.4 is 5.73 Å². The van der Waals surface area contributed by atoms with Crippen LogP contribution in [0.1, 0.15) is 33.6 Å². The summed E-state index contributed by atoms with van der Waals surface area (Å²) in [6.07, 6.45) is 2.21. The van der Waals surface area contributed by atoms with Crippen LogP contribution in [0.4, 0.5) is 4.79 Å². The standard InChI is InChI=1S/C13H24N2O2/c1-13(2,3)17-12(16)15-7-10-4-9(6-14)5-11(10)8-15/h9-11H,4-8,14H2,1-3H3/t9-,10+,11?/m0/s1. The molecular weight excluding hydrogens is 216 g/mol. The van der Waals surface area contributed by atoms with Crippen LogP contribution in [0.3, 0.4) is 0 Å². The summed E-state index contributed by atoms with van der Waals surface area (Å²) in [5.74, 6) is 1.97. The number of hydrogen-bond acceptors (Lipinski definition) is 3. The van der Waals surface area contributed by atoms with Gasteiger partial charge in [0.1, 0.15) is 5.60 Å². The summed E-state index contributed by atoms with van der Waals surface area (Å²) in [6.45, 7) is 8.23. The molecule has 0 aromatic rings. The van der Waals surface area contributed by atoms with Gasteiger partial charge in [0, 0.05) is 13.1 Å². The molecule has 3 atom stereocenters. The van der Waals surface area contributed by atoms with Crippen molar-refractivity contribution >= 4 is 6.09 Å². The Morgan fingerprint density at radius 1 is 1.29 bits per heavy atom. The number of nitrogens with two attached hydrogens (primary N) is 1. The van der Waals surface area contributed by atoms with Crippen LogP contribution in [0.15, 0.2) is 0 Å². The largest absolute Gasteiger partial charge is 0.444 e. The van der Waals surface area contributed by atoms with Crippen molar-refractivity contribution in [1.82, 2.24) is 4.90 Å². The van der Waals surface area contributed by atoms with Gasteiger partial charge in [-0.2, -0.15) is 0 Å². The van der Waals surface area contributed by atoms with E-state index in [0.29, 0.717) is 17.8 Å². The lowest BCUT2D eigenvalue weighted by Crippen LogP contribution is -2.36. The van der Waals surface area contributed by atoms with Gasteiger partial charge >= 0.3 is 6.09 Å². The molecule has 0 aromatic carbocycles. The number of carbonyl (C=O) groups is 1. The molecule has 2 rings (SSSR count). The normalized spacial score (nSPS) is 32.7. The first-order valence-electron chi connectivity index (χ1n) is 6.57. The van der Waals surface area contributed by atoms with Crippen molar-refractivity contribution in [1.29, 1.82) is 0 Å². The lowest BCUT2D eigenvalue weighted by atomic mass is 10.0. The van der Waals surface area contributed by atoms with E-state index in [1.54, 1.807) is 0 Å². The summed E-state index contributed by atoms with van der Waals surface area (Å²) >= 11 is 0. The average Bonchev–Trinajstić information content (AvgIpc) is 2.70. The molecule has 2 N–H and O–H groups in total. The third-order valence-electron chi connectivity index (χ3n) is 3.83. The second kappa shape index (κ2) is 4.48. The molecule has 1 saturated heterocycles. The van der Waals surface area contributed by atoms with Gasteiger partial charge in [-0.3, -0.25) is 0 Å². The van der Waals surface area contributed by atoms with Crippen molar-refractivity contribution in [2.45, 2.75) is 39.2 Å². The van der Waals surface area contributed by atoms with Gasteiger partial charge in [0.25, 0.3) is 0 Å². The quantitative estimate of drug-likeness (QED) is 0.761. The average molecular weight is 240 g/mol. The molecule has 0 bridgehead atoms. The molecule has 17 heavy (non-hydrogen) atoms. The molecule has 2 fully saturated rings. The Hall–Kier alpha value is -0.770. The van der Waals surface area contributed by atoms with Crippen LogP contribution in [0, 0.1) is 17.8 Å². The smallest absolute Gasteiger partial charge is 0.410 e. The maximum Gasteiger partial charge on any atom is 0.410 e. The Balaban J connectivity index is 1.86. The fourth-order valence-corrected chi connectivity index (χ4v) is 3.09. The van der Waals surface area contributed by atoms with E-state index in [2.05, 4.69) is 0 Å². The Bertz CT molecular complexity index is 284. The molecule has 2 aliphatic rings. The third-order valence-corrected chi connectivity index (χ3v) is 3.83. The van der Waals surface area contributed by atoms with Crippen LogP contribution in [0.5, 0.6) is 0 Å². The van der Waals surface area contributed by atoms with E-state index in [0.717, 1.165) is 19.6 Å². The molecule has 1 aliphatic carbocycles. The highest BCUT2D eigenvalue weighted by Crippen LogP contribution is 2.41. The van der Waals surface area contributed by atoms with E-state index < -0.39 is 5.60 Å². The zero-order valence-electron chi connectivity index (χ0n) is 11.1. The van der Waals surface area contributed by atoms with Gasteiger partial charge in [-0.05, 0) is 57.9 Å². The van der Waals surface area contributed by atoms with E-state index in [-0.39, 0.29) is 6.09 Å². The van der Waals surface area contributed by atoms with Gasteiger partial charge in [-0.15, -0.1) is 0 Å². The molecule has 0 aromatic heterocycles. The minimum absolute atomic E-state index is 0.156. The van der Waals surface area contributed by atoms with E-state index in [1.807, 2.05) is 25.7 Å². The summed E-state index contributed by atoms with van der Waals surface area (Å²) < 4.78 is 5.40.